The molecular weight excluding hydrogens is 431 g/mol. The molecule has 0 saturated carbocycles. The fourth-order valence-corrected chi connectivity index (χ4v) is 4.79. The van der Waals surface area contributed by atoms with Crippen molar-refractivity contribution in [3.63, 3.8) is 0 Å². The molecular formula is C27H27FN4O2. The standard InChI is InChI=1S/C27H27FN4O2/c1-17-13-18(16-26(34)32-11-9-29-10-12-32)24(30-17)14-19-15-25(33)31-23-8-4-6-21(27(19)23)20-5-2-3-7-22(20)28/h2-8,13-14,29-30H,9-12,15-16H2,1H3,(H,31,33)/b19-14+. The number of halogens is 1. The number of carbonyl (C=O) groups is 2. The molecule has 0 unspecified atom stereocenters. The van der Waals surface area contributed by atoms with Crippen molar-refractivity contribution in [1.82, 2.24) is 15.2 Å². The van der Waals surface area contributed by atoms with Crippen LogP contribution in [0.15, 0.2) is 48.5 Å². The lowest BCUT2D eigenvalue weighted by atomic mass is 9.88. The number of nitrogens with one attached hydrogen (secondary N) is 3. The fourth-order valence-electron chi connectivity index (χ4n) is 4.79. The SMILES string of the molecule is Cc1cc(CC(=O)N2CCNCC2)c(/C=C2\CC(=O)Nc3cccc(-c4ccccc4F)c32)[nH]1. The van der Waals surface area contributed by atoms with Gasteiger partial charge in [-0.25, -0.2) is 4.39 Å². The third kappa shape index (κ3) is 4.39. The molecule has 2 aliphatic heterocycles. The van der Waals surface area contributed by atoms with Gasteiger partial charge in [0.2, 0.25) is 11.8 Å². The molecule has 0 spiro atoms. The molecule has 34 heavy (non-hydrogen) atoms. The summed E-state index contributed by atoms with van der Waals surface area (Å²) >= 11 is 0. The van der Waals surface area contributed by atoms with Gasteiger partial charge in [-0.3, -0.25) is 9.59 Å². The number of rotatable bonds is 4. The number of hydrogen-bond acceptors (Lipinski definition) is 3. The highest BCUT2D eigenvalue weighted by molar-refractivity contribution is 6.11. The van der Waals surface area contributed by atoms with Crippen molar-refractivity contribution < 1.29 is 14.0 Å². The fraction of sp³-hybridized carbons (Fsp3) is 0.259. The van der Waals surface area contributed by atoms with Crippen molar-refractivity contribution in [2.75, 3.05) is 31.5 Å². The molecule has 0 radical (unpaired) electrons. The summed E-state index contributed by atoms with van der Waals surface area (Å²) in [6.07, 6.45) is 2.40. The van der Waals surface area contributed by atoms with Crippen molar-refractivity contribution in [3.05, 3.63) is 76.9 Å². The van der Waals surface area contributed by atoms with Gasteiger partial charge in [0.1, 0.15) is 5.82 Å². The van der Waals surface area contributed by atoms with Crippen LogP contribution in [0.4, 0.5) is 10.1 Å². The Morgan fingerprint density at radius 3 is 2.65 bits per heavy atom. The van der Waals surface area contributed by atoms with Gasteiger partial charge in [0.25, 0.3) is 0 Å². The number of carbonyl (C=O) groups excluding carboxylic acids is 2. The maximum Gasteiger partial charge on any atom is 0.228 e. The van der Waals surface area contributed by atoms with Crippen molar-refractivity contribution in [1.29, 1.82) is 0 Å². The minimum Gasteiger partial charge on any atom is -0.359 e. The van der Waals surface area contributed by atoms with Crippen molar-refractivity contribution >= 4 is 29.2 Å². The van der Waals surface area contributed by atoms with Crippen LogP contribution in [-0.2, 0) is 16.0 Å². The van der Waals surface area contributed by atoms with Crippen LogP contribution < -0.4 is 10.6 Å². The summed E-state index contributed by atoms with van der Waals surface area (Å²) in [4.78, 5) is 30.7. The van der Waals surface area contributed by atoms with Crippen molar-refractivity contribution in [3.8, 4) is 11.1 Å². The molecule has 2 amide bonds. The molecule has 5 rings (SSSR count). The number of aryl methyl sites for hydroxylation is 1. The largest absolute Gasteiger partial charge is 0.359 e. The molecule has 1 aromatic heterocycles. The Hall–Kier alpha value is -3.71. The van der Waals surface area contributed by atoms with E-state index in [4.69, 9.17) is 0 Å². The number of aromatic amines is 1. The Morgan fingerprint density at radius 1 is 1.09 bits per heavy atom. The van der Waals surface area contributed by atoms with Crippen LogP contribution in [0, 0.1) is 12.7 Å². The summed E-state index contributed by atoms with van der Waals surface area (Å²) in [7, 11) is 0. The van der Waals surface area contributed by atoms with Crippen LogP contribution in [-0.4, -0.2) is 47.9 Å². The molecule has 0 aliphatic carbocycles. The van der Waals surface area contributed by atoms with Crippen LogP contribution in [0.3, 0.4) is 0 Å². The van der Waals surface area contributed by atoms with Gasteiger partial charge in [-0.2, -0.15) is 0 Å². The molecule has 3 aromatic rings. The Labute approximate surface area is 197 Å². The lowest BCUT2D eigenvalue weighted by Gasteiger charge is -2.27. The van der Waals surface area contributed by atoms with Crippen molar-refractivity contribution in [2.45, 2.75) is 19.8 Å². The Balaban J connectivity index is 1.56. The predicted octanol–water partition coefficient (Wildman–Crippen LogP) is 3.99. The maximum absolute atomic E-state index is 14.7. The number of piperazine rings is 1. The highest BCUT2D eigenvalue weighted by Crippen LogP contribution is 2.41. The first kappa shape index (κ1) is 22.1. The molecule has 3 N–H and O–H groups in total. The van der Waals surface area contributed by atoms with E-state index in [2.05, 4.69) is 15.6 Å². The zero-order valence-corrected chi connectivity index (χ0v) is 19.1. The summed E-state index contributed by atoms with van der Waals surface area (Å²) in [5.41, 5.74) is 6.10. The molecule has 1 fully saturated rings. The van der Waals surface area contributed by atoms with E-state index in [0.717, 1.165) is 46.7 Å². The smallest absolute Gasteiger partial charge is 0.228 e. The topological polar surface area (TPSA) is 77.2 Å². The quantitative estimate of drug-likeness (QED) is 0.553. The number of amides is 2. The van der Waals surface area contributed by atoms with Gasteiger partial charge in [-0.15, -0.1) is 0 Å². The Kier molecular flexibility index (Phi) is 6.02. The number of anilines is 1. The monoisotopic (exact) mass is 458 g/mol. The molecule has 1 saturated heterocycles. The highest BCUT2D eigenvalue weighted by Gasteiger charge is 2.25. The maximum atomic E-state index is 14.7. The normalized spacial score (nSPS) is 16.9. The van der Waals surface area contributed by atoms with E-state index in [9.17, 15) is 14.0 Å². The number of hydrogen-bond donors (Lipinski definition) is 3. The predicted molar refractivity (Wildman–Crippen MR) is 132 cm³/mol. The molecule has 7 heteroatoms. The van der Waals surface area contributed by atoms with E-state index in [1.54, 1.807) is 18.2 Å². The minimum atomic E-state index is -0.315. The first-order valence-electron chi connectivity index (χ1n) is 11.6. The summed E-state index contributed by atoms with van der Waals surface area (Å²) in [5, 5.41) is 6.19. The summed E-state index contributed by atoms with van der Waals surface area (Å²) in [5.74, 6) is -0.342. The minimum absolute atomic E-state index is 0.0917. The first-order valence-corrected chi connectivity index (χ1v) is 11.6. The van der Waals surface area contributed by atoms with Crippen LogP contribution in [0.25, 0.3) is 22.8 Å². The van der Waals surface area contributed by atoms with E-state index in [1.165, 1.54) is 6.07 Å². The number of fused-ring (bicyclic) bond motifs is 1. The highest BCUT2D eigenvalue weighted by atomic mass is 19.1. The molecule has 3 heterocycles. The van der Waals surface area contributed by atoms with E-state index >= 15 is 0 Å². The molecule has 0 atom stereocenters. The van der Waals surface area contributed by atoms with E-state index in [0.29, 0.717) is 24.3 Å². The second kappa shape index (κ2) is 9.27. The zero-order valence-electron chi connectivity index (χ0n) is 19.1. The van der Waals surface area contributed by atoms with Gasteiger partial charge >= 0.3 is 0 Å². The van der Waals surface area contributed by atoms with Crippen LogP contribution >= 0.6 is 0 Å². The average Bonchev–Trinajstić information content (AvgIpc) is 3.17. The molecule has 174 valence electrons. The van der Waals surface area contributed by atoms with Gasteiger partial charge in [-0.1, -0.05) is 30.3 Å². The van der Waals surface area contributed by atoms with Gasteiger partial charge in [0.05, 0.1) is 12.8 Å². The van der Waals surface area contributed by atoms with E-state index in [-0.39, 0.29) is 30.5 Å². The van der Waals surface area contributed by atoms with Crippen LogP contribution in [0.1, 0.15) is 28.9 Å². The Morgan fingerprint density at radius 2 is 1.85 bits per heavy atom. The lowest BCUT2D eigenvalue weighted by Crippen LogP contribution is -2.46. The van der Waals surface area contributed by atoms with E-state index in [1.807, 2.05) is 42.2 Å². The molecule has 0 bridgehead atoms. The third-order valence-electron chi connectivity index (χ3n) is 6.37. The zero-order chi connectivity index (χ0) is 23.7. The van der Waals surface area contributed by atoms with Gasteiger partial charge in [0.15, 0.2) is 0 Å². The summed E-state index contributed by atoms with van der Waals surface area (Å²) in [6, 6.07) is 14.2. The summed E-state index contributed by atoms with van der Waals surface area (Å²) in [6.45, 7) is 4.97. The summed E-state index contributed by atoms with van der Waals surface area (Å²) < 4.78 is 14.7. The Bertz CT molecular complexity index is 1290. The van der Waals surface area contributed by atoms with Crippen LogP contribution in [0.2, 0.25) is 0 Å². The van der Waals surface area contributed by atoms with E-state index < -0.39 is 0 Å². The van der Waals surface area contributed by atoms with Crippen molar-refractivity contribution in [2.24, 2.45) is 0 Å². The van der Waals surface area contributed by atoms with Gasteiger partial charge in [-0.05, 0) is 47.9 Å². The third-order valence-corrected chi connectivity index (χ3v) is 6.37. The molecule has 6 nitrogen and oxygen atoms in total. The van der Waals surface area contributed by atoms with Gasteiger partial charge < -0.3 is 20.5 Å². The van der Waals surface area contributed by atoms with Gasteiger partial charge in [0, 0.05) is 54.4 Å². The number of H-pyrrole nitrogens is 1. The number of benzene rings is 2. The second-order valence-corrected chi connectivity index (χ2v) is 8.80. The lowest BCUT2D eigenvalue weighted by molar-refractivity contribution is -0.131. The first-order chi connectivity index (χ1) is 16.5. The van der Waals surface area contributed by atoms with Crippen LogP contribution in [0.5, 0.6) is 0 Å². The molecule has 2 aliphatic rings. The second-order valence-electron chi connectivity index (χ2n) is 8.80. The number of aromatic nitrogens is 1. The average molecular weight is 459 g/mol. The molecule has 2 aromatic carbocycles. The number of nitrogens with zero attached hydrogens (tertiary/aromatic N) is 1.